The van der Waals surface area contributed by atoms with Gasteiger partial charge in [-0.15, -0.1) is 0 Å². The van der Waals surface area contributed by atoms with Gasteiger partial charge in [0, 0.05) is 20.5 Å². The highest BCUT2D eigenvalue weighted by Gasteiger charge is 2.20. The van der Waals surface area contributed by atoms with Crippen LogP contribution >= 0.6 is 0 Å². The van der Waals surface area contributed by atoms with Crippen molar-refractivity contribution in [1.29, 1.82) is 0 Å². The molecule has 0 saturated carbocycles. The monoisotopic (exact) mass is 880 g/mol. The minimum atomic E-state index is -0.670. The Kier molecular flexibility index (Phi) is 15.2. The number of carbonyl (C=O) groups is 6. The van der Waals surface area contributed by atoms with Gasteiger partial charge in [0.2, 0.25) is 0 Å². The summed E-state index contributed by atoms with van der Waals surface area (Å²) in [5, 5.41) is 0. The van der Waals surface area contributed by atoms with Crippen molar-refractivity contribution in [3.05, 3.63) is 172 Å². The molecule has 14 heteroatoms. The van der Waals surface area contributed by atoms with Crippen LogP contribution in [0, 0.1) is 20.8 Å². The third-order valence-electron chi connectivity index (χ3n) is 9.91. The van der Waals surface area contributed by atoms with Crippen LogP contribution in [0.3, 0.4) is 0 Å². The minimum absolute atomic E-state index is 0.0742. The van der Waals surface area contributed by atoms with Crippen LogP contribution in [-0.2, 0) is 9.53 Å². The van der Waals surface area contributed by atoms with Crippen molar-refractivity contribution in [3.63, 3.8) is 0 Å². The Bertz CT molecular complexity index is 2690. The van der Waals surface area contributed by atoms with E-state index in [1.165, 1.54) is 104 Å². The van der Waals surface area contributed by atoms with Crippen molar-refractivity contribution in [1.82, 2.24) is 0 Å². The Hall–Kier alpha value is -8.10. The number of hydrogen-bond donors (Lipinski definition) is 0. The quantitative estimate of drug-likeness (QED) is 0.0663. The van der Waals surface area contributed by atoms with Crippen molar-refractivity contribution >= 4 is 35.8 Å². The summed E-state index contributed by atoms with van der Waals surface area (Å²) in [6, 6.07) is 31.5. The fourth-order valence-corrected chi connectivity index (χ4v) is 6.04. The average molecular weight is 881 g/mol. The molecule has 14 nitrogen and oxygen atoms in total. The second kappa shape index (κ2) is 21.3. The van der Waals surface area contributed by atoms with Crippen molar-refractivity contribution in [2.75, 3.05) is 13.7 Å². The van der Waals surface area contributed by atoms with Crippen molar-refractivity contribution in [2.45, 2.75) is 47.1 Å². The van der Waals surface area contributed by atoms with E-state index in [0.29, 0.717) is 46.1 Å². The van der Waals surface area contributed by atoms with Gasteiger partial charge in [-0.05, 0) is 172 Å². The number of ether oxygens (including phenoxy) is 8. The number of methoxy groups -OCH3 is 1. The Morgan fingerprint density at radius 2 is 0.785 bits per heavy atom. The smallest absolute Gasteiger partial charge is 0.343 e. The Morgan fingerprint density at radius 1 is 0.446 bits per heavy atom. The normalized spacial score (nSPS) is 11.1. The first-order chi connectivity index (χ1) is 31.2. The lowest BCUT2D eigenvalue weighted by Crippen LogP contribution is -2.13. The summed E-state index contributed by atoms with van der Waals surface area (Å²) in [4.78, 5) is 75.6. The molecule has 0 bridgehead atoms. The molecular formula is C51H44O14. The molecule has 6 aromatic carbocycles. The van der Waals surface area contributed by atoms with E-state index >= 15 is 0 Å². The average Bonchev–Trinajstić information content (AvgIpc) is 3.30. The molecule has 0 aromatic heterocycles. The van der Waals surface area contributed by atoms with E-state index in [-0.39, 0.29) is 51.4 Å². The zero-order valence-electron chi connectivity index (χ0n) is 36.3. The summed E-state index contributed by atoms with van der Waals surface area (Å²) in [6.45, 7) is 8.86. The fourth-order valence-electron chi connectivity index (χ4n) is 6.04. The zero-order valence-corrected chi connectivity index (χ0v) is 36.3. The van der Waals surface area contributed by atoms with Crippen LogP contribution in [0.25, 0.3) is 0 Å². The van der Waals surface area contributed by atoms with Crippen LogP contribution in [0.5, 0.6) is 40.2 Å². The zero-order chi connectivity index (χ0) is 46.6. The molecule has 6 rings (SSSR count). The molecule has 0 N–H and O–H groups in total. The van der Waals surface area contributed by atoms with Crippen LogP contribution < -0.4 is 33.2 Å². The maximum absolute atomic E-state index is 13.2. The topological polar surface area (TPSA) is 176 Å². The molecule has 65 heavy (non-hydrogen) atoms. The molecule has 0 heterocycles. The predicted octanol–water partition coefficient (Wildman–Crippen LogP) is 9.44. The molecule has 1 atom stereocenters. The summed E-state index contributed by atoms with van der Waals surface area (Å²) in [7, 11) is 1.64. The minimum Gasteiger partial charge on any atom is -0.493 e. The molecule has 0 aliphatic heterocycles. The molecule has 0 fully saturated rings. The highest BCUT2D eigenvalue weighted by atomic mass is 16.6. The molecule has 0 spiro atoms. The number of esters is 6. The highest BCUT2D eigenvalue weighted by molar-refractivity contribution is 5.95. The molecule has 0 aliphatic carbocycles. The van der Waals surface area contributed by atoms with Crippen LogP contribution in [0.15, 0.2) is 127 Å². The SMILES string of the molecule is COC(C)CCOc1ccc(C(=O)Oc2ccc(C(=O)Oc3ccc(C(=O)Oc4cc(C)c(OC(=O)c5ccc(OC(=O)c6ccc(OC(C)=O)cc6)cc5)c(C)c4C)cc3)cc2)cc1. The molecule has 0 aliphatic rings. The van der Waals surface area contributed by atoms with Crippen molar-refractivity contribution in [2.24, 2.45) is 0 Å². The van der Waals surface area contributed by atoms with Gasteiger partial charge < -0.3 is 37.9 Å². The first kappa shape index (κ1) is 46.4. The van der Waals surface area contributed by atoms with Gasteiger partial charge in [0.05, 0.1) is 40.5 Å². The summed E-state index contributed by atoms with van der Waals surface area (Å²) >= 11 is 0. The number of aryl methyl sites for hydroxylation is 1. The lowest BCUT2D eigenvalue weighted by molar-refractivity contribution is -0.131. The van der Waals surface area contributed by atoms with E-state index in [1.54, 1.807) is 58.2 Å². The second-order valence-corrected chi connectivity index (χ2v) is 14.6. The summed E-state index contributed by atoms with van der Waals surface area (Å²) in [5.41, 5.74) is 2.80. The fraction of sp³-hybridized carbons (Fsp3) is 0.176. The Balaban J connectivity index is 0.984. The Morgan fingerprint density at radius 3 is 1.15 bits per heavy atom. The van der Waals surface area contributed by atoms with Gasteiger partial charge in [0.1, 0.15) is 40.2 Å². The molecule has 6 aromatic rings. The first-order valence-corrected chi connectivity index (χ1v) is 20.2. The van der Waals surface area contributed by atoms with E-state index in [1.807, 2.05) is 6.92 Å². The summed E-state index contributed by atoms with van der Waals surface area (Å²) < 4.78 is 43.7. The number of benzene rings is 6. The predicted molar refractivity (Wildman–Crippen MR) is 236 cm³/mol. The van der Waals surface area contributed by atoms with E-state index in [9.17, 15) is 28.8 Å². The van der Waals surface area contributed by atoms with E-state index < -0.39 is 35.8 Å². The number of hydrogen-bond acceptors (Lipinski definition) is 14. The van der Waals surface area contributed by atoms with Crippen molar-refractivity contribution < 1.29 is 66.7 Å². The van der Waals surface area contributed by atoms with Gasteiger partial charge in [-0.1, -0.05) is 0 Å². The first-order valence-electron chi connectivity index (χ1n) is 20.2. The van der Waals surface area contributed by atoms with E-state index in [2.05, 4.69) is 0 Å². The molecule has 1 unspecified atom stereocenters. The van der Waals surface area contributed by atoms with Crippen molar-refractivity contribution in [3.8, 4) is 40.2 Å². The molecule has 332 valence electrons. The van der Waals surface area contributed by atoms with Crippen LogP contribution in [0.4, 0.5) is 0 Å². The second-order valence-electron chi connectivity index (χ2n) is 14.6. The maximum Gasteiger partial charge on any atom is 0.343 e. The molecule has 0 amide bonds. The largest absolute Gasteiger partial charge is 0.493 e. The van der Waals surface area contributed by atoms with Crippen LogP contribution in [0.1, 0.15) is 88.7 Å². The molecular weight excluding hydrogens is 837 g/mol. The van der Waals surface area contributed by atoms with Gasteiger partial charge in [0.15, 0.2) is 0 Å². The Labute approximate surface area is 374 Å². The van der Waals surface area contributed by atoms with Crippen LogP contribution in [0.2, 0.25) is 0 Å². The lowest BCUT2D eigenvalue weighted by atomic mass is 10.0. The summed E-state index contributed by atoms with van der Waals surface area (Å²) in [5.74, 6) is -1.65. The van der Waals surface area contributed by atoms with Gasteiger partial charge in [0.25, 0.3) is 0 Å². The lowest BCUT2D eigenvalue weighted by Gasteiger charge is -2.16. The highest BCUT2D eigenvalue weighted by Crippen LogP contribution is 2.34. The van der Waals surface area contributed by atoms with Gasteiger partial charge in [-0.2, -0.15) is 0 Å². The van der Waals surface area contributed by atoms with E-state index in [0.717, 1.165) is 6.42 Å². The van der Waals surface area contributed by atoms with Crippen LogP contribution in [-0.4, -0.2) is 55.6 Å². The van der Waals surface area contributed by atoms with Gasteiger partial charge in [-0.25, -0.2) is 24.0 Å². The maximum atomic E-state index is 13.2. The molecule has 0 saturated heterocycles. The van der Waals surface area contributed by atoms with Gasteiger partial charge >= 0.3 is 35.8 Å². The summed E-state index contributed by atoms with van der Waals surface area (Å²) in [6.07, 6.45) is 0.799. The van der Waals surface area contributed by atoms with E-state index in [4.69, 9.17) is 37.9 Å². The third kappa shape index (κ3) is 12.5. The number of carbonyl (C=O) groups excluding carboxylic acids is 6. The third-order valence-corrected chi connectivity index (χ3v) is 9.91. The molecule has 0 radical (unpaired) electrons. The number of rotatable bonds is 16. The standard InChI is InChI=1S/C51H44O14/c1-30-29-45(32(3)33(4)46(30)65-51(57)39-15-25-44(26-16-39)63-48(54)36-9-19-41(20-10-36)60-34(5)52)64-50(56)38-13-23-43(24-14-38)62-49(55)37-11-21-42(22-12-37)61-47(53)35-7-17-40(18-8-35)59-28-27-31(2)58-6/h7-26,29,31H,27-28H2,1-6H3. The van der Waals surface area contributed by atoms with Gasteiger partial charge in [-0.3, -0.25) is 4.79 Å².